The van der Waals surface area contributed by atoms with E-state index in [4.69, 9.17) is 10.5 Å². The number of ether oxygens (including phenoxy) is 1. The van der Waals surface area contributed by atoms with E-state index >= 15 is 0 Å². The molecular weight excluding hydrogens is 305 g/mol. The van der Waals surface area contributed by atoms with Gasteiger partial charge in [0.25, 0.3) is 0 Å². The number of hydrogen-bond acceptors (Lipinski definition) is 3. The Kier molecular flexibility index (Phi) is 6.31. The van der Waals surface area contributed by atoms with Crippen molar-refractivity contribution in [3.8, 4) is 5.75 Å². The van der Waals surface area contributed by atoms with Gasteiger partial charge in [0.1, 0.15) is 5.75 Å². The van der Waals surface area contributed by atoms with Crippen molar-refractivity contribution in [2.24, 2.45) is 11.7 Å². The molecule has 0 bridgehead atoms. The largest absolute Gasteiger partial charge is 0.496 e. The molecule has 3 N–H and O–H groups in total. The van der Waals surface area contributed by atoms with Crippen LogP contribution in [0.2, 0.25) is 0 Å². The quantitative estimate of drug-likeness (QED) is 0.898. The summed E-state index contributed by atoms with van der Waals surface area (Å²) in [7, 11) is 1.37. The van der Waals surface area contributed by atoms with Crippen LogP contribution in [0.1, 0.15) is 30.0 Å². The lowest BCUT2D eigenvalue weighted by Crippen LogP contribution is -2.34. The predicted octanol–water partition coefficient (Wildman–Crippen LogP) is 3.14. The maximum Gasteiger partial charge on any atom is 0.416 e. The molecule has 120 valence electrons. The fourth-order valence-corrected chi connectivity index (χ4v) is 2.62. The highest BCUT2D eigenvalue weighted by Gasteiger charge is 2.32. The van der Waals surface area contributed by atoms with E-state index in [-0.39, 0.29) is 30.1 Å². The maximum atomic E-state index is 12.7. The third-order valence-electron chi connectivity index (χ3n) is 3.81. The van der Waals surface area contributed by atoms with Crippen molar-refractivity contribution in [1.29, 1.82) is 0 Å². The third-order valence-corrected chi connectivity index (χ3v) is 3.81. The summed E-state index contributed by atoms with van der Waals surface area (Å²) in [5.41, 5.74) is 6.15. The molecule has 1 heterocycles. The average molecular weight is 325 g/mol. The SMILES string of the molecule is COc1cc(C(F)(F)F)ccc1[C@H](N)C1CCNCC1.Cl. The lowest BCUT2D eigenvalue weighted by Gasteiger charge is -2.29. The van der Waals surface area contributed by atoms with Gasteiger partial charge in [-0.1, -0.05) is 6.07 Å². The van der Waals surface area contributed by atoms with Gasteiger partial charge in [0, 0.05) is 11.6 Å². The van der Waals surface area contributed by atoms with Crippen LogP contribution in [0.3, 0.4) is 0 Å². The number of piperidine rings is 1. The van der Waals surface area contributed by atoms with Crippen LogP contribution in [0.5, 0.6) is 5.75 Å². The molecule has 1 saturated heterocycles. The molecule has 7 heteroatoms. The number of nitrogens with one attached hydrogen (secondary N) is 1. The Labute approximate surface area is 128 Å². The Morgan fingerprint density at radius 3 is 2.43 bits per heavy atom. The lowest BCUT2D eigenvalue weighted by atomic mass is 9.86. The Morgan fingerprint density at radius 1 is 1.29 bits per heavy atom. The zero-order valence-electron chi connectivity index (χ0n) is 11.7. The Hall–Kier alpha value is -0.980. The van der Waals surface area contributed by atoms with E-state index in [1.54, 1.807) is 0 Å². The van der Waals surface area contributed by atoms with Gasteiger partial charge >= 0.3 is 6.18 Å². The topological polar surface area (TPSA) is 47.3 Å². The first kappa shape index (κ1) is 18.1. The second kappa shape index (κ2) is 7.33. The van der Waals surface area contributed by atoms with Crippen molar-refractivity contribution >= 4 is 12.4 Å². The van der Waals surface area contributed by atoms with E-state index in [2.05, 4.69) is 5.32 Å². The first-order valence-corrected chi connectivity index (χ1v) is 6.65. The van der Waals surface area contributed by atoms with Gasteiger partial charge in [0.05, 0.1) is 12.7 Å². The summed E-state index contributed by atoms with van der Waals surface area (Å²) in [5.74, 6) is 0.479. The summed E-state index contributed by atoms with van der Waals surface area (Å²) in [5, 5.41) is 3.24. The summed E-state index contributed by atoms with van der Waals surface area (Å²) in [4.78, 5) is 0. The average Bonchev–Trinajstić information content (AvgIpc) is 2.45. The highest BCUT2D eigenvalue weighted by Crippen LogP contribution is 2.37. The molecular formula is C14H20ClF3N2O. The van der Waals surface area contributed by atoms with E-state index in [1.165, 1.54) is 13.2 Å². The highest BCUT2D eigenvalue weighted by atomic mass is 35.5. The Balaban J connectivity index is 0.00000220. The third kappa shape index (κ3) is 4.25. The van der Waals surface area contributed by atoms with Crippen LogP contribution in [0, 0.1) is 5.92 Å². The number of hydrogen-bond donors (Lipinski definition) is 2. The smallest absolute Gasteiger partial charge is 0.416 e. The van der Waals surface area contributed by atoms with Gasteiger partial charge in [-0.3, -0.25) is 0 Å². The molecule has 0 radical (unpaired) electrons. The molecule has 0 amide bonds. The van der Waals surface area contributed by atoms with Crippen molar-refractivity contribution in [2.45, 2.75) is 25.1 Å². The van der Waals surface area contributed by atoms with Gasteiger partial charge in [0.2, 0.25) is 0 Å². The second-order valence-corrected chi connectivity index (χ2v) is 5.07. The predicted molar refractivity (Wildman–Crippen MR) is 77.8 cm³/mol. The minimum absolute atomic E-state index is 0. The minimum atomic E-state index is -4.37. The van der Waals surface area contributed by atoms with Crippen molar-refractivity contribution in [3.63, 3.8) is 0 Å². The highest BCUT2D eigenvalue weighted by molar-refractivity contribution is 5.85. The van der Waals surface area contributed by atoms with Gasteiger partial charge < -0.3 is 15.8 Å². The standard InChI is InChI=1S/C14H19F3N2O.ClH/c1-20-12-8-10(14(15,16)17)2-3-11(12)13(18)9-4-6-19-7-5-9;/h2-3,8-9,13,19H,4-7,18H2,1H3;1H/t13-;/m1./s1. The zero-order valence-corrected chi connectivity index (χ0v) is 12.6. The molecule has 1 aliphatic rings. The lowest BCUT2D eigenvalue weighted by molar-refractivity contribution is -0.137. The Bertz CT molecular complexity index is 462. The van der Waals surface area contributed by atoms with Crippen molar-refractivity contribution in [2.75, 3.05) is 20.2 Å². The van der Waals surface area contributed by atoms with Crippen molar-refractivity contribution in [1.82, 2.24) is 5.32 Å². The summed E-state index contributed by atoms with van der Waals surface area (Å²) >= 11 is 0. The molecule has 2 rings (SSSR count). The molecule has 1 aliphatic heterocycles. The molecule has 1 atom stereocenters. The molecule has 1 aromatic carbocycles. The molecule has 0 saturated carbocycles. The van der Waals surface area contributed by atoms with Gasteiger partial charge in [-0.05, 0) is 44.0 Å². The summed E-state index contributed by atoms with van der Waals surface area (Å²) in [6, 6.07) is 3.23. The summed E-state index contributed by atoms with van der Waals surface area (Å²) < 4.78 is 43.2. The van der Waals surface area contributed by atoms with Crippen LogP contribution in [0.4, 0.5) is 13.2 Å². The molecule has 0 aliphatic carbocycles. The fourth-order valence-electron chi connectivity index (χ4n) is 2.62. The van der Waals surface area contributed by atoms with Crippen molar-refractivity contribution in [3.05, 3.63) is 29.3 Å². The minimum Gasteiger partial charge on any atom is -0.496 e. The molecule has 0 aromatic heterocycles. The first-order valence-electron chi connectivity index (χ1n) is 6.65. The Morgan fingerprint density at radius 2 is 1.90 bits per heavy atom. The van der Waals surface area contributed by atoms with Gasteiger partial charge in [0.15, 0.2) is 0 Å². The maximum absolute atomic E-state index is 12.7. The van der Waals surface area contributed by atoms with E-state index in [1.807, 2.05) is 0 Å². The fraction of sp³-hybridized carbons (Fsp3) is 0.571. The number of alkyl halides is 3. The second-order valence-electron chi connectivity index (χ2n) is 5.07. The van der Waals surface area contributed by atoms with Crippen LogP contribution < -0.4 is 15.8 Å². The van der Waals surface area contributed by atoms with Crippen molar-refractivity contribution < 1.29 is 17.9 Å². The first-order chi connectivity index (χ1) is 9.43. The molecule has 0 spiro atoms. The number of methoxy groups -OCH3 is 1. The van der Waals surface area contributed by atoms with Gasteiger partial charge in [-0.15, -0.1) is 12.4 Å². The molecule has 1 fully saturated rings. The summed E-state index contributed by atoms with van der Waals surface area (Å²) in [6.07, 6.45) is -2.53. The molecule has 21 heavy (non-hydrogen) atoms. The molecule has 1 aromatic rings. The normalized spacial score (nSPS) is 18.0. The summed E-state index contributed by atoms with van der Waals surface area (Å²) in [6.45, 7) is 1.78. The number of halogens is 4. The van der Waals surface area contributed by atoms with Crippen LogP contribution in [0.15, 0.2) is 18.2 Å². The number of benzene rings is 1. The molecule has 3 nitrogen and oxygen atoms in total. The van der Waals surface area contributed by atoms with Crippen LogP contribution in [-0.4, -0.2) is 20.2 Å². The number of nitrogens with two attached hydrogens (primary N) is 1. The van der Waals surface area contributed by atoms with Crippen LogP contribution >= 0.6 is 12.4 Å². The van der Waals surface area contributed by atoms with Gasteiger partial charge in [-0.25, -0.2) is 0 Å². The van der Waals surface area contributed by atoms with E-state index in [9.17, 15) is 13.2 Å². The van der Waals surface area contributed by atoms with E-state index in [0.29, 0.717) is 5.56 Å². The van der Waals surface area contributed by atoms with E-state index in [0.717, 1.165) is 38.1 Å². The van der Waals surface area contributed by atoms with Crippen LogP contribution in [-0.2, 0) is 6.18 Å². The number of rotatable bonds is 3. The monoisotopic (exact) mass is 324 g/mol. The van der Waals surface area contributed by atoms with Crippen LogP contribution in [0.25, 0.3) is 0 Å². The van der Waals surface area contributed by atoms with E-state index < -0.39 is 11.7 Å². The van der Waals surface area contributed by atoms with Gasteiger partial charge in [-0.2, -0.15) is 13.2 Å². The zero-order chi connectivity index (χ0) is 14.8. The molecule has 0 unspecified atom stereocenters.